The molecule has 0 spiro atoms. The zero-order chi connectivity index (χ0) is 13.4. The summed E-state index contributed by atoms with van der Waals surface area (Å²) >= 11 is 0. The van der Waals surface area contributed by atoms with Crippen LogP contribution in [0.2, 0.25) is 0 Å². The molecule has 19 heavy (non-hydrogen) atoms. The Balaban J connectivity index is 2.14. The zero-order valence-corrected chi connectivity index (χ0v) is 10.8. The summed E-state index contributed by atoms with van der Waals surface area (Å²) in [5, 5.41) is 10.1. The predicted molar refractivity (Wildman–Crippen MR) is 71.4 cm³/mol. The molecular weight excluding hydrogens is 244 g/mol. The number of hydrogen-bond acceptors (Lipinski definition) is 4. The van der Waals surface area contributed by atoms with Crippen LogP contribution in [0.1, 0.15) is 36.5 Å². The number of fused-ring (bicyclic) bond motifs is 1. The van der Waals surface area contributed by atoms with Gasteiger partial charge >= 0.3 is 5.63 Å². The van der Waals surface area contributed by atoms with E-state index in [0.717, 1.165) is 42.4 Å². The molecule has 0 saturated carbocycles. The van der Waals surface area contributed by atoms with Crippen LogP contribution in [0.25, 0.3) is 11.0 Å². The van der Waals surface area contributed by atoms with Gasteiger partial charge in [0.25, 0.3) is 0 Å². The van der Waals surface area contributed by atoms with Crippen LogP contribution in [0.3, 0.4) is 0 Å². The quantitative estimate of drug-likeness (QED) is 0.800. The SMILES string of the molecule is Cc1c(C2CCCCO2)ccc2cc(O)c(=O)oc12. The summed E-state index contributed by atoms with van der Waals surface area (Å²) in [7, 11) is 0. The van der Waals surface area contributed by atoms with Crippen molar-refractivity contribution in [3.8, 4) is 5.75 Å². The normalized spacial score (nSPS) is 19.7. The number of rotatable bonds is 1. The van der Waals surface area contributed by atoms with Crippen molar-refractivity contribution in [3.63, 3.8) is 0 Å². The summed E-state index contributed by atoms with van der Waals surface area (Å²) in [6.07, 6.45) is 3.33. The highest BCUT2D eigenvalue weighted by Gasteiger charge is 2.20. The van der Waals surface area contributed by atoms with Gasteiger partial charge < -0.3 is 14.3 Å². The number of aryl methyl sites for hydroxylation is 1. The lowest BCUT2D eigenvalue weighted by Gasteiger charge is -2.24. The van der Waals surface area contributed by atoms with Crippen LogP contribution in [0, 0.1) is 6.92 Å². The standard InChI is InChI=1S/C15H16O4/c1-9-11(13-4-2-3-7-18-13)6-5-10-8-12(16)15(17)19-14(9)10/h5-6,8,13,16H,2-4,7H2,1H3. The second-order valence-electron chi connectivity index (χ2n) is 4.97. The van der Waals surface area contributed by atoms with E-state index < -0.39 is 5.63 Å². The minimum atomic E-state index is -0.697. The first kappa shape index (κ1) is 12.2. The van der Waals surface area contributed by atoms with Gasteiger partial charge in [0.15, 0.2) is 0 Å². The number of ether oxygens (including phenoxy) is 1. The highest BCUT2D eigenvalue weighted by Crippen LogP contribution is 2.33. The number of benzene rings is 1. The third-order valence-electron chi connectivity index (χ3n) is 3.70. The van der Waals surface area contributed by atoms with E-state index in [0.29, 0.717) is 5.58 Å². The first-order valence-electron chi connectivity index (χ1n) is 6.55. The molecule has 1 aromatic heterocycles. The Labute approximate surface area is 110 Å². The van der Waals surface area contributed by atoms with Crippen LogP contribution >= 0.6 is 0 Å². The van der Waals surface area contributed by atoms with E-state index in [9.17, 15) is 9.90 Å². The van der Waals surface area contributed by atoms with Gasteiger partial charge in [-0.1, -0.05) is 12.1 Å². The lowest BCUT2D eigenvalue weighted by atomic mass is 9.96. The van der Waals surface area contributed by atoms with Gasteiger partial charge in [-0.15, -0.1) is 0 Å². The first-order valence-corrected chi connectivity index (χ1v) is 6.55. The molecule has 0 bridgehead atoms. The molecule has 100 valence electrons. The molecule has 0 amide bonds. The largest absolute Gasteiger partial charge is 0.502 e. The maximum atomic E-state index is 11.4. The fourth-order valence-corrected chi connectivity index (χ4v) is 2.66. The van der Waals surface area contributed by atoms with E-state index in [2.05, 4.69) is 0 Å². The zero-order valence-electron chi connectivity index (χ0n) is 10.8. The van der Waals surface area contributed by atoms with Gasteiger partial charge in [-0.05, 0) is 43.4 Å². The highest BCUT2D eigenvalue weighted by atomic mass is 16.5. The van der Waals surface area contributed by atoms with E-state index in [4.69, 9.17) is 9.15 Å². The van der Waals surface area contributed by atoms with Gasteiger partial charge in [0.1, 0.15) is 5.58 Å². The average molecular weight is 260 g/mol. The summed E-state index contributed by atoms with van der Waals surface area (Å²) in [4.78, 5) is 11.4. The van der Waals surface area contributed by atoms with Crippen molar-refractivity contribution in [2.75, 3.05) is 6.61 Å². The topological polar surface area (TPSA) is 59.7 Å². The van der Waals surface area contributed by atoms with Crippen LogP contribution < -0.4 is 5.63 Å². The van der Waals surface area contributed by atoms with E-state index >= 15 is 0 Å². The fraction of sp³-hybridized carbons (Fsp3) is 0.400. The van der Waals surface area contributed by atoms with Crippen molar-refractivity contribution in [2.45, 2.75) is 32.3 Å². The summed E-state index contributed by atoms with van der Waals surface area (Å²) < 4.78 is 11.0. The molecule has 0 radical (unpaired) electrons. The molecule has 1 aliphatic rings. The molecule has 1 fully saturated rings. The average Bonchev–Trinajstić information content (AvgIpc) is 2.42. The molecule has 2 aromatic rings. The monoisotopic (exact) mass is 260 g/mol. The third-order valence-corrected chi connectivity index (χ3v) is 3.70. The van der Waals surface area contributed by atoms with Gasteiger partial charge in [0.05, 0.1) is 6.10 Å². The number of aromatic hydroxyl groups is 1. The minimum absolute atomic E-state index is 0.0808. The van der Waals surface area contributed by atoms with Crippen molar-refractivity contribution in [3.05, 3.63) is 39.7 Å². The smallest absolute Gasteiger partial charge is 0.378 e. The molecule has 4 heteroatoms. The summed E-state index contributed by atoms with van der Waals surface area (Å²) in [5.74, 6) is -0.353. The minimum Gasteiger partial charge on any atom is -0.502 e. The summed E-state index contributed by atoms with van der Waals surface area (Å²) in [6.45, 7) is 2.71. The Kier molecular flexibility index (Phi) is 3.03. The molecule has 1 atom stereocenters. The van der Waals surface area contributed by atoms with Crippen LogP contribution in [0.5, 0.6) is 5.75 Å². The van der Waals surface area contributed by atoms with E-state index in [1.807, 2.05) is 19.1 Å². The highest BCUT2D eigenvalue weighted by molar-refractivity contribution is 5.81. The lowest BCUT2D eigenvalue weighted by Crippen LogP contribution is -2.13. The van der Waals surface area contributed by atoms with Crippen LogP contribution in [-0.2, 0) is 4.74 Å². The molecule has 4 nitrogen and oxygen atoms in total. The molecule has 2 heterocycles. The van der Waals surface area contributed by atoms with Gasteiger partial charge in [0.2, 0.25) is 5.75 Å². The predicted octanol–water partition coefficient (Wildman–Crippen LogP) is 3.05. The molecular formula is C15H16O4. The van der Waals surface area contributed by atoms with E-state index in [1.54, 1.807) is 0 Å². The molecule has 3 rings (SSSR count). The first-order chi connectivity index (χ1) is 9.16. The lowest BCUT2D eigenvalue weighted by molar-refractivity contribution is 0.0146. The van der Waals surface area contributed by atoms with Crippen molar-refractivity contribution in [1.82, 2.24) is 0 Å². The Morgan fingerprint density at radius 1 is 1.32 bits per heavy atom. The van der Waals surface area contributed by atoms with Crippen molar-refractivity contribution in [2.24, 2.45) is 0 Å². The van der Waals surface area contributed by atoms with Gasteiger partial charge in [-0.3, -0.25) is 0 Å². The second kappa shape index (κ2) is 4.70. The molecule has 1 unspecified atom stereocenters. The molecule has 1 aliphatic heterocycles. The Morgan fingerprint density at radius 2 is 2.16 bits per heavy atom. The van der Waals surface area contributed by atoms with Gasteiger partial charge in [-0.2, -0.15) is 0 Å². The van der Waals surface area contributed by atoms with Gasteiger partial charge in [0, 0.05) is 12.0 Å². The Hall–Kier alpha value is -1.81. The molecule has 1 aromatic carbocycles. The van der Waals surface area contributed by atoms with Crippen molar-refractivity contribution in [1.29, 1.82) is 0 Å². The number of hydrogen-bond donors (Lipinski definition) is 1. The fourth-order valence-electron chi connectivity index (χ4n) is 2.66. The second-order valence-corrected chi connectivity index (χ2v) is 4.97. The van der Waals surface area contributed by atoms with Crippen LogP contribution in [0.15, 0.2) is 27.4 Å². The van der Waals surface area contributed by atoms with Crippen LogP contribution in [0.4, 0.5) is 0 Å². The van der Waals surface area contributed by atoms with Crippen molar-refractivity contribution >= 4 is 11.0 Å². The Morgan fingerprint density at radius 3 is 2.89 bits per heavy atom. The molecule has 1 N–H and O–H groups in total. The van der Waals surface area contributed by atoms with Crippen molar-refractivity contribution < 1.29 is 14.3 Å². The van der Waals surface area contributed by atoms with Crippen LogP contribution in [-0.4, -0.2) is 11.7 Å². The van der Waals surface area contributed by atoms with Gasteiger partial charge in [-0.25, -0.2) is 4.79 Å². The summed E-state index contributed by atoms with van der Waals surface area (Å²) in [6, 6.07) is 5.30. The maximum Gasteiger partial charge on any atom is 0.378 e. The van der Waals surface area contributed by atoms with E-state index in [-0.39, 0.29) is 11.9 Å². The maximum absolute atomic E-state index is 11.4. The molecule has 1 saturated heterocycles. The summed E-state index contributed by atoms with van der Waals surface area (Å²) in [5.41, 5.74) is 1.83. The molecule has 0 aliphatic carbocycles. The third kappa shape index (κ3) is 2.12. The Bertz CT molecular complexity index is 666. The van der Waals surface area contributed by atoms with E-state index in [1.165, 1.54) is 6.07 Å².